The van der Waals surface area contributed by atoms with Gasteiger partial charge >= 0.3 is 0 Å². The lowest BCUT2D eigenvalue weighted by Gasteiger charge is -2.09. The van der Waals surface area contributed by atoms with Crippen molar-refractivity contribution < 1.29 is 13.2 Å². The van der Waals surface area contributed by atoms with Crippen molar-refractivity contribution in [2.75, 3.05) is 6.61 Å². The van der Waals surface area contributed by atoms with Gasteiger partial charge in [0.25, 0.3) is 10.0 Å². The normalized spacial score (nSPS) is 11.7. The zero-order chi connectivity index (χ0) is 23.0. The molecule has 5 aromatic rings. The number of pyridine rings is 1. The van der Waals surface area contributed by atoms with E-state index in [9.17, 15) is 8.42 Å². The first-order valence-corrected chi connectivity index (χ1v) is 12.8. The van der Waals surface area contributed by atoms with E-state index in [1.54, 1.807) is 41.8 Å². The Morgan fingerprint density at radius 3 is 2.52 bits per heavy atom. The molecule has 0 amide bonds. The Morgan fingerprint density at radius 2 is 1.79 bits per heavy atom. The summed E-state index contributed by atoms with van der Waals surface area (Å²) in [6.07, 6.45) is 1.62. The molecule has 0 radical (unpaired) electrons. The van der Waals surface area contributed by atoms with Crippen molar-refractivity contribution >= 4 is 32.4 Å². The van der Waals surface area contributed by atoms with Gasteiger partial charge in [0, 0.05) is 11.8 Å². The summed E-state index contributed by atoms with van der Waals surface area (Å²) in [5, 5.41) is 9.31. The Hall–Kier alpha value is -3.49. The van der Waals surface area contributed by atoms with E-state index in [1.165, 1.54) is 0 Å². The van der Waals surface area contributed by atoms with Gasteiger partial charge in [0.05, 0.1) is 16.9 Å². The molecule has 0 unspecified atom stereocenters. The Kier molecular flexibility index (Phi) is 5.47. The van der Waals surface area contributed by atoms with Crippen LogP contribution in [0.5, 0.6) is 5.75 Å². The summed E-state index contributed by atoms with van der Waals surface area (Å²) < 4.78 is 34.2. The summed E-state index contributed by atoms with van der Waals surface area (Å²) in [5.41, 5.74) is 4.33. The Labute approximate surface area is 196 Å². The molecule has 0 fully saturated rings. The molecule has 0 aliphatic carbocycles. The third kappa shape index (κ3) is 3.71. The molecule has 0 N–H and O–H groups in total. The van der Waals surface area contributed by atoms with E-state index in [4.69, 9.17) is 4.74 Å². The highest BCUT2D eigenvalue weighted by Crippen LogP contribution is 2.40. The largest absolute Gasteiger partial charge is 0.493 e. The van der Waals surface area contributed by atoms with Gasteiger partial charge in [0.15, 0.2) is 5.65 Å². The SMILES string of the molecule is CCOc1ccccc1-c1nn(S(=O)(=O)c2ccc(C)cc2)c2nccc(-c3ccsc3)c12. The molecule has 0 bridgehead atoms. The van der Waals surface area contributed by atoms with Crippen molar-refractivity contribution in [3.8, 4) is 28.1 Å². The minimum absolute atomic E-state index is 0.157. The Bertz CT molecular complexity index is 1540. The van der Waals surface area contributed by atoms with Crippen LogP contribution >= 0.6 is 11.3 Å². The zero-order valence-corrected chi connectivity index (χ0v) is 19.7. The minimum Gasteiger partial charge on any atom is -0.493 e. The number of nitrogens with zero attached hydrogens (tertiary/aromatic N) is 3. The lowest BCUT2D eigenvalue weighted by Crippen LogP contribution is -2.15. The predicted octanol–water partition coefficient (Wildman–Crippen LogP) is 5.77. The fourth-order valence-corrected chi connectivity index (χ4v) is 5.68. The van der Waals surface area contributed by atoms with Gasteiger partial charge in [-0.15, -0.1) is 4.09 Å². The first kappa shape index (κ1) is 21.4. The number of hydrogen-bond donors (Lipinski definition) is 0. The molecule has 3 aromatic heterocycles. The number of rotatable bonds is 6. The summed E-state index contributed by atoms with van der Waals surface area (Å²) in [7, 11) is -3.98. The fourth-order valence-electron chi connectivity index (χ4n) is 3.79. The van der Waals surface area contributed by atoms with Crippen LogP contribution in [0, 0.1) is 6.92 Å². The number of benzene rings is 2. The molecular weight excluding hydrogens is 454 g/mol. The van der Waals surface area contributed by atoms with Crippen LogP contribution in [0.3, 0.4) is 0 Å². The summed E-state index contributed by atoms with van der Waals surface area (Å²) in [4.78, 5) is 4.62. The molecule has 6 nitrogen and oxygen atoms in total. The van der Waals surface area contributed by atoms with Crippen molar-refractivity contribution in [3.63, 3.8) is 0 Å². The van der Waals surface area contributed by atoms with Gasteiger partial charge in [-0.3, -0.25) is 0 Å². The van der Waals surface area contributed by atoms with Crippen LogP contribution in [-0.2, 0) is 10.0 Å². The van der Waals surface area contributed by atoms with E-state index < -0.39 is 10.0 Å². The van der Waals surface area contributed by atoms with E-state index in [1.807, 2.05) is 61.0 Å². The molecule has 2 aromatic carbocycles. The number of aromatic nitrogens is 3. The smallest absolute Gasteiger partial charge is 0.284 e. The van der Waals surface area contributed by atoms with Crippen LogP contribution in [0.1, 0.15) is 12.5 Å². The van der Waals surface area contributed by atoms with Crippen LogP contribution in [-0.4, -0.2) is 29.2 Å². The van der Waals surface area contributed by atoms with Gasteiger partial charge in [-0.1, -0.05) is 29.8 Å². The Morgan fingerprint density at radius 1 is 1.00 bits per heavy atom. The number of aryl methyl sites for hydroxylation is 1. The molecule has 0 aliphatic rings. The van der Waals surface area contributed by atoms with Crippen LogP contribution in [0.15, 0.2) is 82.5 Å². The van der Waals surface area contributed by atoms with Crippen LogP contribution in [0.2, 0.25) is 0 Å². The molecule has 0 spiro atoms. The molecular formula is C25H21N3O3S2. The van der Waals surface area contributed by atoms with Gasteiger partial charge in [-0.2, -0.15) is 24.9 Å². The summed E-state index contributed by atoms with van der Waals surface area (Å²) >= 11 is 1.58. The monoisotopic (exact) mass is 475 g/mol. The maximum Gasteiger partial charge on any atom is 0.284 e. The average Bonchev–Trinajstić information content (AvgIpc) is 3.49. The van der Waals surface area contributed by atoms with Gasteiger partial charge < -0.3 is 4.74 Å². The highest BCUT2D eigenvalue weighted by atomic mass is 32.2. The lowest BCUT2D eigenvalue weighted by atomic mass is 10.0. The van der Waals surface area contributed by atoms with Crippen molar-refractivity contribution in [1.29, 1.82) is 0 Å². The molecule has 8 heteroatoms. The number of para-hydroxylation sites is 1. The van der Waals surface area contributed by atoms with E-state index in [-0.39, 0.29) is 10.5 Å². The third-order valence-electron chi connectivity index (χ3n) is 5.36. The van der Waals surface area contributed by atoms with E-state index >= 15 is 0 Å². The minimum atomic E-state index is -3.98. The highest BCUT2D eigenvalue weighted by molar-refractivity contribution is 7.90. The molecule has 33 heavy (non-hydrogen) atoms. The van der Waals surface area contributed by atoms with Crippen LogP contribution in [0.25, 0.3) is 33.4 Å². The van der Waals surface area contributed by atoms with Crippen molar-refractivity contribution in [2.24, 2.45) is 0 Å². The third-order valence-corrected chi connectivity index (χ3v) is 7.62. The zero-order valence-electron chi connectivity index (χ0n) is 18.1. The average molecular weight is 476 g/mol. The number of fused-ring (bicyclic) bond motifs is 1. The van der Waals surface area contributed by atoms with Gasteiger partial charge in [0.1, 0.15) is 11.4 Å². The maximum atomic E-state index is 13.6. The quantitative estimate of drug-likeness (QED) is 0.312. The Balaban J connectivity index is 1.85. The second kappa shape index (κ2) is 8.46. The van der Waals surface area contributed by atoms with Crippen molar-refractivity contribution in [2.45, 2.75) is 18.7 Å². The van der Waals surface area contributed by atoms with Gasteiger partial charge in [-0.25, -0.2) is 4.98 Å². The second-order valence-corrected chi connectivity index (χ2v) is 10.1. The fraction of sp³-hybridized carbons (Fsp3) is 0.120. The molecule has 0 atom stereocenters. The molecule has 0 aliphatic heterocycles. The van der Waals surface area contributed by atoms with E-state index in [0.717, 1.165) is 20.8 Å². The lowest BCUT2D eigenvalue weighted by molar-refractivity contribution is 0.341. The topological polar surface area (TPSA) is 74.1 Å². The second-order valence-electron chi connectivity index (χ2n) is 7.51. The van der Waals surface area contributed by atoms with Gasteiger partial charge in [0.2, 0.25) is 0 Å². The van der Waals surface area contributed by atoms with Crippen molar-refractivity contribution in [3.05, 3.63) is 83.2 Å². The van der Waals surface area contributed by atoms with Crippen LogP contribution in [0.4, 0.5) is 0 Å². The first-order valence-electron chi connectivity index (χ1n) is 10.5. The molecule has 5 rings (SSSR count). The van der Waals surface area contributed by atoms with Crippen molar-refractivity contribution in [1.82, 2.24) is 14.2 Å². The maximum absolute atomic E-state index is 13.6. The summed E-state index contributed by atoms with van der Waals surface area (Å²) in [6.45, 7) is 4.30. The molecule has 0 saturated heterocycles. The number of hydrogen-bond acceptors (Lipinski definition) is 6. The van der Waals surface area contributed by atoms with Gasteiger partial charge in [-0.05, 0) is 72.1 Å². The number of thiophene rings is 1. The summed E-state index contributed by atoms with van der Waals surface area (Å²) in [6, 6.07) is 18.1. The first-order chi connectivity index (χ1) is 16.0. The van der Waals surface area contributed by atoms with E-state index in [2.05, 4.69) is 10.1 Å². The van der Waals surface area contributed by atoms with E-state index in [0.29, 0.717) is 29.0 Å². The standard InChI is InChI=1S/C25H21N3O3S2/c1-3-31-22-7-5-4-6-21(22)24-23-20(18-13-15-32-16-18)12-14-26-25(23)28(27-24)33(29,30)19-10-8-17(2)9-11-19/h4-16H,3H2,1-2H3. The van der Waals surface area contributed by atoms with Crippen LogP contribution < -0.4 is 4.74 Å². The molecule has 3 heterocycles. The summed E-state index contributed by atoms with van der Waals surface area (Å²) in [5.74, 6) is 0.638. The predicted molar refractivity (Wildman–Crippen MR) is 131 cm³/mol. The number of ether oxygens (including phenoxy) is 1. The molecule has 0 saturated carbocycles. The highest BCUT2D eigenvalue weighted by Gasteiger charge is 2.27. The molecule has 166 valence electrons.